The van der Waals surface area contributed by atoms with Gasteiger partial charge >= 0.3 is 0 Å². The van der Waals surface area contributed by atoms with Crippen molar-refractivity contribution in [2.75, 3.05) is 0 Å². The minimum absolute atomic E-state index is 0.0177. The van der Waals surface area contributed by atoms with Gasteiger partial charge in [-0.15, -0.1) is 10.2 Å². The SMILES string of the molecule is CCC(C)(C)C(N)c1nn[nH]n1. The summed E-state index contributed by atoms with van der Waals surface area (Å²) < 4.78 is 0. The molecule has 0 spiro atoms. The highest BCUT2D eigenvalue weighted by molar-refractivity contribution is 4.94. The van der Waals surface area contributed by atoms with E-state index in [4.69, 9.17) is 5.73 Å². The number of rotatable bonds is 3. The molecule has 1 aromatic rings. The van der Waals surface area contributed by atoms with E-state index in [2.05, 4.69) is 41.4 Å². The van der Waals surface area contributed by atoms with Crippen LogP contribution in [0.25, 0.3) is 0 Å². The highest BCUT2D eigenvalue weighted by atomic mass is 15.5. The molecule has 0 bridgehead atoms. The van der Waals surface area contributed by atoms with Crippen LogP contribution < -0.4 is 5.73 Å². The Morgan fingerprint density at radius 1 is 1.58 bits per heavy atom. The van der Waals surface area contributed by atoms with Crippen LogP contribution in [0.2, 0.25) is 0 Å². The predicted molar refractivity (Wildman–Crippen MR) is 45.2 cm³/mol. The Balaban J connectivity index is 2.78. The van der Waals surface area contributed by atoms with E-state index in [1.54, 1.807) is 0 Å². The van der Waals surface area contributed by atoms with Gasteiger partial charge in [0.1, 0.15) is 0 Å². The molecule has 68 valence electrons. The minimum Gasteiger partial charge on any atom is -0.321 e. The van der Waals surface area contributed by atoms with Crippen molar-refractivity contribution in [2.45, 2.75) is 33.2 Å². The van der Waals surface area contributed by atoms with Crippen LogP contribution >= 0.6 is 0 Å². The average Bonchev–Trinajstić information content (AvgIpc) is 2.55. The summed E-state index contributed by atoms with van der Waals surface area (Å²) in [6.45, 7) is 6.28. The summed E-state index contributed by atoms with van der Waals surface area (Å²) >= 11 is 0. The molecular weight excluding hydrogens is 154 g/mol. The lowest BCUT2D eigenvalue weighted by molar-refractivity contribution is 0.269. The van der Waals surface area contributed by atoms with Gasteiger partial charge in [0.25, 0.3) is 0 Å². The number of aromatic nitrogens is 4. The van der Waals surface area contributed by atoms with E-state index in [9.17, 15) is 0 Å². The number of nitrogens with zero attached hydrogens (tertiary/aromatic N) is 3. The van der Waals surface area contributed by atoms with Crippen molar-refractivity contribution in [3.8, 4) is 0 Å². The molecule has 0 aromatic carbocycles. The maximum atomic E-state index is 5.94. The molecule has 12 heavy (non-hydrogen) atoms. The number of nitrogens with two attached hydrogens (primary N) is 1. The average molecular weight is 169 g/mol. The molecule has 0 saturated carbocycles. The number of nitrogens with one attached hydrogen (secondary N) is 1. The van der Waals surface area contributed by atoms with Crippen LogP contribution in [-0.4, -0.2) is 20.6 Å². The zero-order valence-electron chi connectivity index (χ0n) is 7.70. The minimum atomic E-state index is -0.152. The third-order valence-corrected chi connectivity index (χ3v) is 2.39. The zero-order chi connectivity index (χ0) is 9.19. The van der Waals surface area contributed by atoms with E-state index in [0.717, 1.165) is 6.42 Å². The fourth-order valence-electron chi connectivity index (χ4n) is 0.871. The number of aromatic amines is 1. The Labute approximate surface area is 71.7 Å². The van der Waals surface area contributed by atoms with E-state index >= 15 is 0 Å². The molecule has 1 aromatic heterocycles. The van der Waals surface area contributed by atoms with Crippen molar-refractivity contribution in [3.05, 3.63) is 5.82 Å². The van der Waals surface area contributed by atoms with E-state index in [-0.39, 0.29) is 11.5 Å². The number of hydrogen-bond donors (Lipinski definition) is 2. The van der Waals surface area contributed by atoms with Gasteiger partial charge in [0.2, 0.25) is 0 Å². The van der Waals surface area contributed by atoms with Crippen LogP contribution in [0, 0.1) is 5.41 Å². The molecular formula is C7H15N5. The molecule has 0 fully saturated rings. The first-order valence-corrected chi connectivity index (χ1v) is 4.07. The fourth-order valence-corrected chi connectivity index (χ4v) is 0.871. The van der Waals surface area contributed by atoms with E-state index in [1.807, 2.05) is 0 Å². The molecule has 3 N–H and O–H groups in total. The molecule has 1 atom stereocenters. The largest absolute Gasteiger partial charge is 0.321 e. The number of tetrazole rings is 1. The first kappa shape index (κ1) is 9.12. The van der Waals surface area contributed by atoms with Crippen molar-refractivity contribution in [1.82, 2.24) is 20.6 Å². The molecule has 1 unspecified atom stereocenters. The molecule has 0 aliphatic carbocycles. The molecule has 0 amide bonds. The van der Waals surface area contributed by atoms with Crippen molar-refractivity contribution in [3.63, 3.8) is 0 Å². The molecule has 0 saturated heterocycles. The third-order valence-electron chi connectivity index (χ3n) is 2.39. The summed E-state index contributed by atoms with van der Waals surface area (Å²) in [5.74, 6) is 0.585. The van der Waals surface area contributed by atoms with Crippen LogP contribution in [0.3, 0.4) is 0 Å². The fraction of sp³-hybridized carbons (Fsp3) is 0.857. The summed E-state index contributed by atoms with van der Waals surface area (Å²) in [6.07, 6.45) is 0.989. The second kappa shape index (κ2) is 3.18. The quantitative estimate of drug-likeness (QED) is 0.695. The van der Waals surface area contributed by atoms with Crippen molar-refractivity contribution in [2.24, 2.45) is 11.1 Å². The third kappa shape index (κ3) is 1.61. The highest BCUT2D eigenvalue weighted by Gasteiger charge is 2.28. The summed E-state index contributed by atoms with van der Waals surface area (Å²) in [5, 5.41) is 13.6. The monoisotopic (exact) mass is 169 g/mol. The second-order valence-corrected chi connectivity index (χ2v) is 3.59. The molecule has 0 radical (unpaired) electrons. The van der Waals surface area contributed by atoms with Crippen molar-refractivity contribution < 1.29 is 0 Å². The van der Waals surface area contributed by atoms with Gasteiger partial charge in [-0.25, -0.2) is 0 Å². The van der Waals surface area contributed by atoms with Crippen LogP contribution in [0.1, 0.15) is 39.1 Å². The Morgan fingerprint density at radius 2 is 2.25 bits per heavy atom. The molecule has 5 heteroatoms. The van der Waals surface area contributed by atoms with Crippen molar-refractivity contribution >= 4 is 0 Å². The Bertz CT molecular complexity index is 228. The predicted octanol–water partition coefficient (Wildman–Crippen LogP) is 0.636. The van der Waals surface area contributed by atoms with Gasteiger partial charge < -0.3 is 5.73 Å². The Kier molecular flexibility index (Phi) is 2.42. The van der Waals surface area contributed by atoms with Gasteiger partial charge in [0, 0.05) is 0 Å². The van der Waals surface area contributed by atoms with E-state index < -0.39 is 0 Å². The molecule has 0 aliphatic rings. The molecule has 5 nitrogen and oxygen atoms in total. The number of H-pyrrole nitrogens is 1. The maximum absolute atomic E-state index is 5.94. The normalized spacial score (nSPS) is 14.7. The number of hydrogen-bond acceptors (Lipinski definition) is 4. The highest BCUT2D eigenvalue weighted by Crippen LogP contribution is 2.31. The second-order valence-electron chi connectivity index (χ2n) is 3.59. The lowest BCUT2D eigenvalue weighted by Crippen LogP contribution is -2.29. The van der Waals surface area contributed by atoms with Gasteiger partial charge in [-0.05, 0) is 11.8 Å². The first-order valence-electron chi connectivity index (χ1n) is 4.07. The summed E-state index contributed by atoms with van der Waals surface area (Å²) in [6, 6.07) is -0.152. The van der Waals surface area contributed by atoms with Crippen molar-refractivity contribution in [1.29, 1.82) is 0 Å². The summed E-state index contributed by atoms with van der Waals surface area (Å²) in [7, 11) is 0. The Hall–Kier alpha value is -0.970. The van der Waals surface area contributed by atoms with Gasteiger partial charge in [-0.3, -0.25) is 0 Å². The molecule has 0 aliphatic heterocycles. The van der Waals surface area contributed by atoms with Crippen LogP contribution in [-0.2, 0) is 0 Å². The lowest BCUT2D eigenvalue weighted by Gasteiger charge is -2.27. The smallest absolute Gasteiger partial charge is 0.191 e. The van der Waals surface area contributed by atoms with Crippen LogP contribution in [0.15, 0.2) is 0 Å². The summed E-state index contributed by atoms with van der Waals surface area (Å²) in [5.41, 5.74) is 5.96. The van der Waals surface area contributed by atoms with Crippen LogP contribution in [0.5, 0.6) is 0 Å². The van der Waals surface area contributed by atoms with Gasteiger partial charge in [0.05, 0.1) is 6.04 Å². The zero-order valence-corrected chi connectivity index (χ0v) is 7.70. The topological polar surface area (TPSA) is 80.5 Å². The van der Waals surface area contributed by atoms with Gasteiger partial charge in [-0.1, -0.05) is 26.0 Å². The van der Waals surface area contributed by atoms with Crippen LogP contribution in [0.4, 0.5) is 0 Å². The van der Waals surface area contributed by atoms with Gasteiger partial charge in [-0.2, -0.15) is 5.21 Å². The first-order chi connectivity index (χ1) is 5.58. The maximum Gasteiger partial charge on any atom is 0.191 e. The van der Waals surface area contributed by atoms with Gasteiger partial charge in [0.15, 0.2) is 5.82 Å². The van der Waals surface area contributed by atoms with E-state index in [1.165, 1.54) is 0 Å². The standard InChI is InChI=1S/C7H15N5/c1-4-7(2,3)5(8)6-9-11-12-10-6/h5H,4,8H2,1-3H3,(H,9,10,11,12). The lowest BCUT2D eigenvalue weighted by atomic mass is 9.82. The molecule has 1 heterocycles. The summed E-state index contributed by atoms with van der Waals surface area (Å²) in [4.78, 5) is 0. The Morgan fingerprint density at radius 3 is 2.67 bits per heavy atom. The van der Waals surface area contributed by atoms with E-state index in [0.29, 0.717) is 5.82 Å². The molecule has 1 rings (SSSR count).